The number of rotatable bonds is 8. The van der Waals surface area contributed by atoms with Gasteiger partial charge in [-0.25, -0.2) is 4.98 Å². The van der Waals surface area contributed by atoms with Crippen LogP contribution < -0.4 is 15.8 Å². The number of ether oxygens (including phenoxy) is 1. The Labute approximate surface area is 140 Å². The van der Waals surface area contributed by atoms with Crippen molar-refractivity contribution in [2.45, 2.75) is 39.3 Å². The SMILES string of the molecule is CCCC(N)c1nc(C(=O)NCc2ccccc2OCC)cs1. The molecule has 0 spiro atoms. The first-order chi connectivity index (χ1) is 11.2. The lowest BCUT2D eigenvalue weighted by molar-refractivity contribution is 0.0946. The summed E-state index contributed by atoms with van der Waals surface area (Å²) < 4.78 is 5.56. The van der Waals surface area contributed by atoms with E-state index in [9.17, 15) is 4.79 Å². The molecular weight excluding hydrogens is 310 g/mol. The fourth-order valence-corrected chi connectivity index (χ4v) is 3.04. The van der Waals surface area contributed by atoms with Crippen molar-refractivity contribution in [2.24, 2.45) is 5.73 Å². The van der Waals surface area contributed by atoms with Gasteiger partial charge in [-0.15, -0.1) is 11.3 Å². The molecule has 0 aliphatic heterocycles. The third-order valence-corrected chi connectivity index (χ3v) is 4.36. The molecule has 1 unspecified atom stereocenters. The van der Waals surface area contributed by atoms with E-state index >= 15 is 0 Å². The lowest BCUT2D eigenvalue weighted by Crippen LogP contribution is -2.23. The third kappa shape index (κ3) is 4.77. The van der Waals surface area contributed by atoms with Crippen LogP contribution in [-0.4, -0.2) is 17.5 Å². The molecule has 1 aromatic heterocycles. The summed E-state index contributed by atoms with van der Waals surface area (Å²) in [6.45, 7) is 5.02. The number of nitrogens with two attached hydrogens (primary N) is 1. The Balaban J connectivity index is 1.97. The van der Waals surface area contributed by atoms with E-state index in [1.807, 2.05) is 31.2 Å². The largest absolute Gasteiger partial charge is 0.494 e. The van der Waals surface area contributed by atoms with Crippen LogP contribution in [0.1, 0.15) is 53.8 Å². The second kappa shape index (κ2) is 8.64. The maximum atomic E-state index is 12.2. The summed E-state index contributed by atoms with van der Waals surface area (Å²) in [4.78, 5) is 16.6. The number of carbonyl (C=O) groups is 1. The quantitative estimate of drug-likeness (QED) is 0.777. The van der Waals surface area contributed by atoms with Gasteiger partial charge in [0.05, 0.1) is 12.6 Å². The number of aromatic nitrogens is 1. The minimum atomic E-state index is -0.192. The van der Waals surface area contributed by atoms with Crippen LogP contribution in [0.4, 0.5) is 0 Å². The number of thiazole rings is 1. The summed E-state index contributed by atoms with van der Waals surface area (Å²) in [7, 11) is 0. The number of amides is 1. The molecule has 2 aromatic rings. The first-order valence-corrected chi connectivity index (χ1v) is 8.73. The first kappa shape index (κ1) is 17.4. The molecule has 5 nitrogen and oxygen atoms in total. The highest BCUT2D eigenvalue weighted by atomic mass is 32.1. The number of hydrogen-bond acceptors (Lipinski definition) is 5. The van der Waals surface area contributed by atoms with Gasteiger partial charge in [-0.3, -0.25) is 4.79 Å². The molecule has 0 fully saturated rings. The van der Waals surface area contributed by atoms with Crippen LogP contribution >= 0.6 is 11.3 Å². The Morgan fingerprint density at radius 1 is 1.39 bits per heavy atom. The van der Waals surface area contributed by atoms with Crippen molar-refractivity contribution in [1.82, 2.24) is 10.3 Å². The molecule has 3 N–H and O–H groups in total. The van der Waals surface area contributed by atoms with E-state index in [4.69, 9.17) is 10.5 Å². The zero-order valence-corrected chi connectivity index (χ0v) is 14.4. The van der Waals surface area contributed by atoms with Gasteiger partial charge in [0.15, 0.2) is 0 Å². The molecule has 0 saturated heterocycles. The molecule has 0 radical (unpaired) electrons. The number of hydrogen-bond donors (Lipinski definition) is 2. The molecule has 2 rings (SSSR count). The van der Waals surface area contributed by atoms with Gasteiger partial charge in [-0.1, -0.05) is 31.5 Å². The van der Waals surface area contributed by atoms with Crippen molar-refractivity contribution in [3.05, 3.63) is 45.9 Å². The molecular formula is C17H23N3O2S. The van der Waals surface area contributed by atoms with Gasteiger partial charge < -0.3 is 15.8 Å². The second-order valence-corrected chi connectivity index (χ2v) is 6.08. The molecule has 0 aliphatic rings. The van der Waals surface area contributed by atoms with Crippen molar-refractivity contribution in [3.63, 3.8) is 0 Å². The Kier molecular flexibility index (Phi) is 6.55. The molecule has 1 aromatic carbocycles. The van der Waals surface area contributed by atoms with Gasteiger partial charge in [0.1, 0.15) is 16.5 Å². The topological polar surface area (TPSA) is 77.2 Å². The molecule has 124 valence electrons. The summed E-state index contributed by atoms with van der Waals surface area (Å²) in [6, 6.07) is 7.59. The van der Waals surface area contributed by atoms with Crippen molar-refractivity contribution >= 4 is 17.2 Å². The highest BCUT2D eigenvalue weighted by Crippen LogP contribution is 2.21. The predicted molar refractivity (Wildman–Crippen MR) is 92.7 cm³/mol. The minimum absolute atomic E-state index is 0.0924. The van der Waals surface area contributed by atoms with Gasteiger partial charge in [0.2, 0.25) is 0 Å². The standard InChI is InChI=1S/C17H23N3O2S/c1-3-7-13(18)17-20-14(11-23-17)16(21)19-10-12-8-5-6-9-15(12)22-4-2/h5-6,8-9,11,13H,3-4,7,10,18H2,1-2H3,(H,19,21). The number of nitrogens with one attached hydrogen (secondary N) is 1. The van der Waals surface area contributed by atoms with Gasteiger partial charge in [0, 0.05) is 17.5 Å². The molecule has 0 saturated carbocycles. The summed E-state index contributed by atoms with van der Waals surface area (Å²) >= 11 is 1.44. The minimum Gasteiger partial charge on any atom is -0.494 e. The zero-order valence-electron chi connectivity index (χ0n) is 13.5. The number of para-hydroxylation sites is 1. The molecule has 23 heavy (non-hydrogen) atoms. The maximum Gasteiger partial charge on any atom is 0.271 e. The van der Waals surface area contributed by atoms with Crippen molar-refractivity contribution < 1.29 is 9.53 Å². The number of carbonyl (C=O) groups excluding carboxylic acids is 1. The highest BCUT2D eigenvalue weighted by molar-refractivity contribution is 7.09. The van der Waals surface area contributed by atoms with E-state index < -0.39 is 0 Å². The van der Waals surface area contributed by atoms with Gasteiger partial charge >= 0.3 is 0 Å². The van der Waals surface area contributed by atoms with Crippen LogP contribution in [0.3, 0.4) is 0 Å². The monoisotopic (exact) mass is 333 g/mol. The van der Waals surface area contributed by atoms with Gasteiger partial charge in [-0.2, -0.15) is 0 Å². The van der Waals surface area contributed by atoms with E-state index in [1.54, 1.807) is 5.38 Å². The van der Waals surface area contributed by atoms with Gasteiger partial charge in [0.25, 0.3) is 5.91 Å². The molecule has 0 bridgehead atoms. The average Bonchev–Trinajstić information content (AvgIpc) is 3.04. The van der Waals surface area contributed by atoms with Crippen LogP contribution in [0.15, 0.2) is 29.6 Å². The predicted octanol–water partition coefficient (Wildman–Crippen LogP) is 3.27. The molecule has 6 heteroatoms. The lowest BCUT2D eigenvalue weighted by atomic mass is 10.2. The molecule has 1 amide bonds. The molecule has 0 aliphatic carbocycles. The normalized spacial score (nSPS) is 12.0. The number of nitrogens with zero attached hydrogens (tertiary/aromatic N) is 1. The summed E-state index contributed by atoms with van der Waals surface area (Å²) in [5.74, 6) is 0.599. The summed E-state index contributed by atoms with van der Waals surface area (Å²) in [6.07, 6.45) is 1.87. The smallest absolute Gasteiger partial charge is 0.271 e. The third-order valence-electron chi connectivity index (χ3n) is 3.38. The Bertz CT molecular complexity index is 642. The fraction of sp³-hybridized carbons (Fsp3) is 0.412. The second-order valence-electron chi connectivity index (χ2n) is 5.19. The number of benzene rings is 1. The zero-order chi connectivity index (χ0) is 16.7. The van der Waals surface area contributed by atoms with Crippen molar-refractivity contribution in [3.8, 4) is 5.75 Å². The van der Waals surface area contributed by atoms with Crippen molar-refractivity contribution in [1.29, 1.82) is 0 Å². The van der Waals surface area contributed by atoms with E-state index in [-0.39, 0.29) is 11.9 Å². The van der Waals surface area contributed by atoms with Gasteiger partial charge in [-0.05, 0) is 19.4 Å². The van der Waals surface area contributed by atoms with Crippen LogP contribution in [0, 0.1) is 0 Å². The molecule has 1 heterocycles. The van der Waals surface area contributed by atoms with E-state index in [0.29, 0.717) is 18.8 Å². The van der Waals surface area contributed by atoms with E-state index in [2.05, 4.69) is 17.2 Å². The molecule has 1 atom stereocenters. The maximum absolute atomic E-state index is 12.2. The van der Waals surface area contributed by atoms with Crippen LogP contribution in [-0.2, 0) is 6.54 Å². The van der Waals surface area contributed by atoms with Crippen molar-refractivity contribution in [2.75, 3.05) is 6.61 Å². The average molecular weight is 333 g/mol. The van der Waals surface area contributed by atoms with E-state index in [1.165, 1.54) is 11.3 Å². The lowest BCUT2D eigenvalue weighted by Gasteiger charge is -2.10. The first-order valence-electron chi connectivity index (χ1n) is 7.85. The van der Waals surface area contributed by atoms with Crippen LogP contribution in [0.2, 0.25) is 0 Å². The van der Waals surface area contributed by atoms with E-state index in [0.717, 1.165) is 29.2 Å². The van der Waals surface area contributed by atoms with Crippen LogP contribution in [0.25, 0.3) is 0 Å². The Morgan fingerprint density at radius 3 is 2.91 bits per heavy atom. The Morgan fingerprint density at radius 2 is 2.17 bits per heavy atom. The summed E-state index contributed by atoms with van der Waals surface area (Å²) in [5.41, 5.74) is 7.40. The van der Waals surface area contributed by atoms with Crippen LogP contribution in [0.5, 0.6) is 5.75 Å². The summed E-state index contributed by atoms with van der Waals surface area (Å²) in [5, 5.41) is 5.45. The highest BCUT2D eigenvalue weighted by Gasteiger charge is 2.15. The Hall–Kier alpha value is -1.92. The fourth-order valence-electron chi connectivity index (χ4n) is 2.21.